The molecule has 1 saturated carbocycles. The van der Waals surface area contributed by atoms with Gasteiger partial charge in [-0.3, -0.25) is 19.3 Å². The largest absolute Gasteiger partial charge is 0.354 e. The lowest BCUT2D eigenvalue weighted by Crippen LogP contribution is -2.41. The third-order valence-electron chi connectivity index (χ3n) is 3.99. The summed E-state index contributed by atoms with van der Waals surface area (Å²) in [4.78, 5) is 37.0. The highest BCUT2D eigenvalue weighted by Crippen LogP contribution is 2.26. The summed E-state index contributed by atoms with van der Waals surface area (Å²) in [5, 5.41) is 2.79. The lowest BCUT2D eigenvalue weighted by atomic mass is 9.85. The molecule has 1 aromatic rings. The Morgan fingerprint density at radius 1 is 1.15 bits per heavy atom. The summed E-state index contributed by atoms with van der Waals surface area (Å²) in [6.07, 6.45) is 2.99. The van der Waals surface area contributed by atoms with E-state index in [1.54, 1.807) is 24.3 Å². The van der Waals surface area contributed by atoms with Gasteiger partial charge in [-0.2, -0.15) is 0 Å². The number of hydrogen-bond donors (Lipinski definition) is 1. The number of imide groups is 1. The predicted octanol–water partition coefficient (Wildman–Crippen LogP) is 1.20. The van der Waals surface area contributed by atoms with Crippen LogP contribution in [0.2, 0.25) is 0 Å². The van der Waals surface area contributed by atoms with E-state index in [1.165, 1.54) is 4.90 Å². The quantitative estimate of drug-likeness (QED) is 0.837. The van der Waals surface area contributed by atoms with Crippen LogP contribution >= 0.6 is 0 Å². The summed E-state index contributed by atoms with van der Waals surface area (Å²) in [6, 6.07) is 6.79. The third kappa shape index (κ3) is 2.09. The summed E-state index contributed by atoms with van der Waals surface area (Å²) in [7, 11) is 0. The SMILES string of the molecule is O=C(NCCN1C(=O)c2ccccc2C1=O)C1CCC1. The molecule has 1 aliphatic carbocycles. The van der Waals surface area contributed by atoms with E-state index in [2.05, 4.69) is 5.32 Å². The first-order valence-corrected chi connectivity index (χ1v) is 6.91. The number of carbonyl (C=O) groups excluding carboxylic acids is 3. The summed E-state index contributed by atoms with van der Waals surface area (Å²) in [6.45, 7) is 0.547. The average Bonchev–Trinajstić information content (AvgIpc) is 2.62. The Morgan fingerprint density at radius 3 is 2.25 bits per heavy atom. The zero-order valence-corrected chi connectivity index (χ0v) is 11.1. The van der Waals surface area contributed by atoms with E-state index >= 15 is 0 Å². The molecule has 3 rings (SSSR count). The maximum atomic E-state index is 12.1. The fourth-order valence-electron chi connectivity index (χ4n) is 2.55. The lowest BCUT2D eigenvalue weighted by Gasteiger charge is -2.24. The van der Waals surface area contributed by atoms with E-state index in [0.717, 1.165) is 19.3 Å². The molecule has 5 heteroatoms. The molecular weight excluding hydrogens is 256 g/mol. The van der Waals surface area contributed by atoms with Crippen molar-refractivity contribution in [1.82, 2.24) is 10.2 Å². The highest BCUT2D eigenvalue weighted by atomic mass is 16.2. The van der Waals surface area contributed by atoms with Gasteiger partial charge < -0.3 is 5.32 Å². The summed E-state index contributed by atoms with van der Waals surface area (Å²) < 4.78 is 0. The van der Waals surface area contributed by atoms with E-state index in [-0.39, 0.29) is 30.2 Å². The van der Waals surface area contributed by atoms with Gasteiger partial charge in [0.15, 0.2) is 0 Å². The van der Waals surface area contributed by atoms with Gasteiger partial charge in [-0.1, -0.05) is 18.6 Å². The molecule has 0 unspecified atom stereocenters. The number of benzene rings is 1. The molecule has 1 aliphatic heterocycles. The number of hydrogen-bond acceptors (Lipinski definition) is 3. The van der Waals surface area contributed by atoms with Gasteiger partial charge in [-0.15, -0.1) is 0 Å². The summed E-state index contributed by atoms with van der Waals surface area (Å²) in [5.41, 5.74) is 0.894. The van der Waals surface area contributed by atoms with Crippen LogP contribution in [0.5, 0.6) is 0 Å². The van der Waals surface area contributed by atoms with Crippen molar-refractivity contribution in [2.75, 3.05) is 13.1 Å². The van der Waals surface area contributed by atoms with Gasteiger partial charge in [0, 0.05) is 19.0 Å². The smallest absolute Gasteiger partial charge is 0.261 e. The molecule has 5 nitrogen and oxygen atoms in total. The fraction of sp³-hybridized carbons (Fsp3) is 0.400. The van der Waals surface area contributed by atoms with Crippen LogP contribution in [0.1, 0.15) is 40.0 Å². The molecule has 104 valence electrons. The Morgan fingerprint density at radius 2 is 1.75 bits per heavy atom. The molecule has 0 aromatic heterocycles. The number of nitrogens with one attached hydrogen (secondary N) is 1. The van der Waals surface area contributed by atoms with Crippen LogP contribution in [0, 0.1) is 5.92 Å². The van der Waals surface area contributed by atoms with E-state index in [0.29, 0.717) is 17.7 Å². The van der Waals surface area contributed by atoms with Gasteiger partial charge in [0.1, 0.15) is 0 Å². The van der Waals surface area contributed by atoms with Crippen LogP contribution in [0.15, 0.2) is 24.3 Å². The minimum Gasteiger partial charge on any atom is -0.354 e. The van der Waals surface area contributed by atoms with Gasteiger partial charge in [0.05, 0.1) is 11.1 Å². The van der Waals surface area contributed by atoms with Crippen LogP contribution in [-0.2, 0) is 4.79 Å². The maximum absolute atomic E-state index is 12.1. The molecule has 1 N–H and O–H groups in total. The second-order valence-electron chi connectivity index (χ2n) is 5.23. The Hall–Kier alpha value is -2.17. The molecule has 0 radical (unpaired) electrons. The second-order valence-corrected chi connectivity index (χ2v) is 5.23. The molecule has 0 atom stereocenters. The molecule has 3 amide bonds. The molecule has 0 bridgehead atoms. The minimum atomic E-state index is -0.275. The zero-order chi connectivity index (χ0) is 14.1. The van der Waals surface area contributed by atoms with Crippen LogP contribution in [0.3, 0.4) is 0 Å². The lowest BCUT2D eigenvalue weighted by molar-refractivity contribution is -0.127. The van der Waals surface area contributed by atoms with Crippen molar-refractivity contribution in [1.29, 1.82) is 0 Å². The van der Waals surface area contributed by atoms with Crippen LogP contribution in [-0.4, -0.2) is 35.7 Å². The van der Waals surface area contributed by atoms with E-state index < -0.39 is 0 Å². The van der Waals surface area contributed by atoms with Crippen LogP contribution in [0.4, 0.5) is 0 Å². The molecule has 0 spiro atoms. The van der Waals surface area contributed by atoms with E-state index in [9.17, 15) is 14.4 Å². The first kappa shape index (κ1) is 12.8. The number of fused-ring (bicyclic) bond motifs is 1. The van der Waals surface area contributed by atoms with Crippen LogP contribution in [0.25, 0.3) is 0 Å². The predicted molar refractivity (Wildman–Crippen MR) is 72.2 cm³/mol. The highest BCUT2D eigenvalue weighted by Gasteiger charge is 2.34. The molecule has 0 saturated heterocycles. The summed E-state index contributed by atoms with van der Waals surface area (Å²) >= 11 is 0. The molecule has 1 aromatic carbocycles. The standard InChI is InChI=1S/C15H16N2O3/c18-13(10-4-3-5-10)16-8-9-17-14(19)11-6-1-2-7-12(11)15(17)20/h1-2,6-7,10H,3-5,8-9H2,(H,16,18). The van der Waals surface area contributed by atoms with Crippen molar-refractivity contribution >= 4 is 17.7 Å². The minimum absolute atomic E-state index is 0.0351. The van der Waals surface area contributed by atoms with Gasteiger partial charge in [-0.25, -0.2) is 0 Å². The normalized spacial score (nSPS) is 17.9. The maximum Gasteiger partial charge on any atom is 0.261 e. The second kappa shape index (κ2) is 5.07. The Bertz CT molecular complexity index is 543. The number of nitrogens with zero attached hydrogens (tertiary/aromatic N) is 1. The van der Waals surface area contributed by atoms with Gasteiger partial charge in [-0.05, 0) is 25.0 Å². The van der Waals surface area contributed by atoms with Crippen LogP contribution < -0.4 is 5.32 Å². The van der Waals surface area contributed by atoms with Crippen molar-refractivity contribution in [3.63, 3.8) is 0 Å². The molecule has 1 fully saturated rings. The molecule has 20 heavy (non-hydrogen) atoms. The van der Waals surface area contributed by atoms with Crippen molar-refractivity contribution in [2.24, 2.45) is 5.92 Å². The third-order valence-corrected chi connectivity index (χ3v) is 3.99. The van der Waals surface area contributed by atoms with Crippen molar-refractivity contribution < 1.29 is 14.4 Å². The van der Waals surface area contributed by atoms with Gasteiger partial charge >= 0.3 is 0 Å². The van der Waals surface area contributed by atoms with E-state index in [1.807, 2.05) is 0 Å². The first-order valence-electron chi connectivity index (χ1n) is 6.91. The molecule has 2 aliphatic rings. The monoisotopic (exact) mass is 272 g/mol. The summed E-state index contributed by atoms with van der Waals surface area (Å²) in [5.74, 6) is -0.392. The number of rotatable bonds is 4. The fourth-order valence-corrected chi connectivity index (χ4v) is 2.55. The van der Waals surface area contributed by atoms with Crippen molar-refractivity contribution in [3.05, 3.63) is 35.4 Å². The molecule has 1 heterocycles. The average molecular weight is 272 g/mol. The number of carbonyl (C=O) groups is 3. The van der Waals surface area contributed by atoms with Gasteiger partial charge in [0.2, 0.25) is 5.91 Å². The van der Waals surface area contributed by atoms with E-state index in [4.69, 9.17) is 0 Å². The Labute approximate surface area is 116 Å². The van der Waals surface area contributed by atoms with Gasteiger partial charge in [0.25, 0.3) is 11.8 Å². The van der Waals surface area contributed by atoms with Crippen molar-refractivity contribution in [2.45, 2.75) is 19.3 Å². The molecular formula is C15H16N2O3. The first-order chi connectivity index (χ1) is 9.68. The van der Waals surface area contributed by atoms with Crippen molar-refractivity contribution in [3.8, 4) is 0 Å². The topological polar surface area (TPSA) is 66.5 Å². The number of amides is 3. The highest BCUT2D eigenvalue weighted by molar-refractivity contribution is 6.21. The zero-order valence-electron chi connectivity index (χ0n) is 11.1. The Balaban J connectivity index is 1.58. The Kier molecular flexibility index (Phi) is 3.26.